The largest absolute Gasteiger partial charge is 0.435 e. The number of carbonyl (C=O) groups excluding carboxylic acids is 6. The van der Waals surface area contributed by atoms with Gasteiger partial charge in [-0.05, 0) is 187 Å². The molecule has 570 valence electrons. The first-order chi connectivity index (χ1) is 44.6. The molecule has 0 amide bonds. The van der Waals surface area contributed by atoms with Crippen LogP contribution in [0.2, 0.25) is 0 Å². The van der Waals surface area contributed by atoms with Gasteiger partial charge in [-0.25, -0.2) is 0 Å². The lowest BCUT2D eigenvalue weighted by molar-refractivity contribution is -0.202. The Morgan fingerprint density at radius 3 is 0.760 bits per heavy atom. The molecule has 0 spiro atoms. The number of hydrogen-bond donors (Lipinski definition) is 0. The van der Waals surface area contributed by atoms with Crippen LogP contribution in [0.4, 0.5) is 0 Å². The van der Waals surface area contributed by atoms with E-state index in [9.17, 15) is 28.8 Å². The third-order valence-corrected chi connectivity index (χ3v) is 19.9. The number of methoxy groups -OCH3 is 4. The zero-order valence-corrected chi connectivity index (χ0v) is 67.2. The molecule has 18 nitrogen and oxygen atoms in total. The molecular weight excluding hydrogens is 1220 g/mol. The van der Waals surface area contributed by atoms with E-state index in [1.807, 2.05) is 166 Å². The maximum Gasteiger partial charge on any atom is 0.313 e. The SMILES string of the molecule is CCC(C)(C)C(=O)OC(OC)C(C)C.CCC(C)(C)C(=O)OC(OC)C1CCCC1.CCC(C)(C)C(=O)OC(OC)C1CCCCC1.CCC(CC)C(OC)OC(=O)C(C)(C)CC.CCOC(OC(=O)C(C)(C)CC)C(C)C.CCOC(OC(=O)C(C)(C)CC)C1CCCCC1. The van der Waals surface area contributed by atoms with Crippen LogP contribution in [0.3, 0.4) is 0 Å². The van der Waals surface area contributed by atoms with Crippen molar-refractivity contribution in [3.63, 3.8) is 0 Å². The minimum Gasteiger partial charge on any atom is -0.435 e. The van der Waals surface area contributed by atoms with Crippen LogP contribution in [0, 0.1) is 68.0 Å². The Balaban J connectivity index is -0.00000108. The van der Waals surface area contributed by atoms with E-state index in [0.717, 1.165) is 89.9 Å². The zero-order valence-electron chi connectivity index (χ0n) is 67.2. The Kier molecular flexibility index (Phi) is 50.4. The number of carbonyl (C=O) groups is 6. The van der Waals surface area contributed by atoms with Gasteiger partial charge in [-0.1, -0.05) is 134 Å². The lowest BCUT2D eigenvalue weighted by atomic mass is 9.88. The van der Waals surface area contributed by atoms with Crippen molar-refractivity contribution < 1.29 is 85.6 Å². The standard InChI is InChI=1S/C15H28O3.C14H26O3.C13H24O3.C13H26O3.C12H24O3.C11H22O3/c1-5-15(3,4)14(16)18-13(17-6-2)12-10-8-7-9-11-12;1-5-14(2,3)13(15)17-12(16-4)11-9-7-6-8-10-11;1-5-13(2,3)12(14)16-11(15-4)10-8-6-7-9-10;1-7-10(8-2)11(15-6)16-12(14)13(4,5)9-3;1-7-12(5,6)11(13)15-10(9(3)4)14-8-2;1-7-11(4,5)10(12)14-9(13-6)8(2)3/h12-13H,5-11H2,1-4H3;11-12H,5-10H2,1-4H3;10-11H,5-9H2,1-4H3;10-11H,7-9H2,1-6H3;9-10H,7-8H2,1-6H3;8-9H,7H2,1-6H3. The summed E-state index contributed by atoms with van der Waals surface area (Å²) in [4.78, 5) is 71.4. The zero-order chi connectivity index (χ0) is 74.8. The van der Waals surface area contributed by atoms with Crippen molar-refractivity contribution in [1.82, 2.24) is 0 Å². The second kappa shape index (κ2) is 50.0. The summed E-state index contributed by atoms with van der Waals surface area (Å²) < 4.78 is 64.7. The molecule has 3 saturated carbocycles. The Labute approximate surface area is 587 Å². The van der Waals surface area contributed by atoms with E-state index in [1.54, 1.807) is 28.4 Å². The first-order valence-corrected chi connectivity index (χ1v) is 37.3. The summed E-state index contributed by atoms with van der Waals surface area (Å²) in [6, 6.07) is 0. The van der Waals surface area contributed by atoms with E-state index >= 15 is 0 Å². The lowest BCUT2D eigenvalue weighted by Crippen LogP contribution is -2.36. The highest BCUT2D eigenvalue weighted by Gasteiger charge is 2.38. The van der Waals surface area contributed by atoms with Gasteiger partial charge >= 0.3 is 35.8 Å². The molecule has 0 radical (unpaired) electrons. The van der Waals surface area contributed by atoms with Crippen molar-refractivity contribution in [2.24, 2.45) is 68.0 Å². The van der Waals surface area contributed by atoms with Crippen molar-refractivity contribution in [2.45, 2.75) is 359 Å². The molecule has 0 saturated heterocycles. The summed E-state index contributed by atoms with van der Waals surface area (Å²) in [7, 11) is 6.40. The molecule has 6 unspecified atom stereocenters. The van der Waals surface area contributed by atoms with Gasteiger partial charge in [-0.3, -0.25) is 28.8 Å². The Bertz CT molecular complexity index is 2020. The van der Waals surface area contributed by atoms with Gasteiger partial charge < -0.3 is 56.8 Å². The van der Waals surface area contributed by atoms with Crippen LogP contribution in [-0.2, 0) is 85.6 Å². The fourth-order valence-electron chi connectivity index (χ4n) is 9.60. The van der Waals surface area contributed by atoms with Gasteiger partial charge in [-0.15, -0.1) is 0 Å². The van der Waals surface area contributed by atoms with Crippen LogP contribution in [0.15, 0.2) is 0 Å². The van der Waals surface area contributed by atoms with Gasteiger partial charge in [-0.2, -0.15) is 0 Å². The topological polar surface area (TPSA) is 213 Å². The monoisotopic (exact) mass is 1380 g/mol. The average molecular weight is 1380 g/mol. The molecule has 6 atom stereocenters. The van der Waals surface area contributed by atoms with Crippen molar-refractivity contribution in [1.29, 1.82) is 0 Å². The molecule has 3 aliphatic carbocycles. The third-order valence-electron chi connectivity index (χ3n) is 19.9. The predicted molar refractivity (Wildman–Crippen MR) is 384 cm³/mol. The smallest absolute Gasteiger partial charge is 0.313 e. The maximum absolute atomic E-state index is 12.1. The number of esters is 6. The van der Waals surface area contributed by atoms with Crippen LogP contribution in [0.25, 0.3) is 0 Å². The van der Waals surface area contributed by atoms with Gasteiger partial charge in [0.25, 0.3) is 0 Å². The summed E-state index contributed by atoms with van der Waals surface area (Å²) in [5.41, 5.74) is -2.51. The fourth-order valence-corrected chi connectivity index (χ4v) is 9.60. The van der Waals surface area contributed by atoms with Crippen molar-refractivity contribution in [2.75, 3.05) is 41.7 Å². The molecule has 0 aliphatic heterocycles. The van der Waals surface area contributed by atoms with Crippen LogP contribution in [-0.4, -0.2) is 115 Å². The quantitative estimate of drug-likeness (QED) is 0.0333. The average Bonchev–Trinajstić information content (AvgIpc) is 2.46. The molecule has 3 fully saturated rings. The van der Waals surface area contributed by atoms with Crippen molar-refractivity contribution >= 4 is 35.8 Å². The first kappa shape index (κ1) is 96.8. The van der Waals surface area contributed by atoms with Gasteiger partial charge in [0, 0.05) is 77.2 Å². The van der Waals surface area contributed by atoms with Crippen LogP contribution in [0.1, 0.15) is 321 Å². The van der Waals surface area contributed by atoms with Crippen LogP contribution >= 0.6 is 0 Å². The number of ether oxygens (including phenoxy) is 12. The molecule has 96 heavy (non-hydrogen) atoms. The van der Waals surface area contributed by atoms with E-state index in [-0.39, 0.29) is 72.4 Å². The Hall–Kier alpha value is -3.42. The minimum atomic E-state index is -0.437. The van der Waals surface area contributed by atoms with Gasteiger partial charge in [0.1, 0.15) is 0 Å². The van der Waals surface area contributed by atoms with Gasteiger partial charge in [0.2, 0.25) is 37.7 Å². The number of rotatable bonds is 34. The molecular formula is C78H150O18. The summed E-state index contributed by atoms with van der Waals surface area (Å²) in [5, 5.41) is 0. The molecule has 18 heteroatoms. The molecule has 0 heterocycles. The first-order valence-electron chi connectivity index (χ1n) is 37.3. The number of hydrogen-bond acceptors (Lipinski definition) is 18. The predicted octanol–water partition coefficient (Wildman–Crippen LogP) is 19.5. The highest BCUT2D eigenvalue weighted by Crippen LogP contribution is 2.35. The molecule has 0 aromatic heterocycles. The lowest BCUT2D eigenvalue weighted by Gasteiger charge is -2.32. The van der Waals surface area contributed by atoms with E-state index in [0.29, 0.717) is 31.0 Å². The summed E-state index contributed by atoms with van der Waals surface area (Å²) in [5.74, 6) is 0.827. The van der Waals surface area contributed by atoms with Crippen molar-refractivity contribution in [3.05, 3.63) is 0 Å². The molecule has 3 aliphatic rings. The second-order valence-electron chi connectivity index (χ2n) is 30.8. The van der Waals surface area contributed by atoms with Crippen molar-refractivity contribution in [3.8, 4) is 0 Å². The summed E-state index contributed by atoms with van der Waals surface area (Å²) in [6.45, 7) is 51.8. The molecule has 0 aromatic carbocycles. The summed E-state index contributed by atoms with van der Waals surface area (Å²) in [6.07, 6.45) is 20.8. The highest BCUT2D eigenvalue weighted by molar-refractivity contribution is 5.78. The molecule has 3 rings (SSSR count). The van der Waals surface area contributed by atoms with Crippen LogP contribution in [0.5, 0.6) is 0 Å². The van der Waals surface area contributed by atoms with Gasteiger partial charge in [0.05, 0.1) is 32.5 Å². The van der Waals surface area contributed by atoms with Gasteiger partial charge in [0.15, 0.2) is 0 Å². The second-order valence-corrected chi connectivity index (χ2v) is 30.8. The minimum absolute atomic E-state index is 0.131. The molecule has 0 bridgehead atoms. The normalized spacial score (nSPS) is 17.1. The van der Waals surface area contributed by atoms with E-state index in [1.165, 1.54) is 51.4 Å². The summed E-state index contributed by atoms with van der Waals surface area (Å²) >= 11 is 0. The van der Waals surface area contributed by atoms with Crippen LogP contribution < -0.4 is 0 Å². The Morgan fingerprint density at radius 2 is 0.531 bits per heavy atom. The molecule has 0 N–H and O–H groups in total. The molecule has 0 aromatic rings. The Morgan fingerprint density at radius 1 is 0.302 bits per heavy atom. The third kappa shape index (κ3) is 37.3. The fraction of sp³-hybridized carbons (Fsp3) is 0.923. The van der Waals surface area contributed by atoms with E-state index < -0.39 is 51.4 Å². The maximum atomic E-state index is 12.1. The highest BCUT2D eigenvalue weighted by atomic mass is 16.7. The van der Waals surface area contributed by atoms with E-state index in [4.69, 9.17) is 56.8 Å². The van der Waals surface area contributed by atoms with E-state index in [2.05, 4.69) is 13.8 Å².